The van der Waals surface area contributed by atoms with Crippen molar-refractivity contribution in [3.8, 4) is 0 Å². The zero-order valence-electron chi connectivity index (χ0n) is 12.6. The van der Waals surface area contributed by atoms with E-state index in [4.69, 9.17) is 23.2 Å². The van der Waals surface area contributed by atoms with Gasteiger partial charge >= 0.3 is 0 Å². The van der Waals surface area contributed by atoms with E-state index < -0.39 is 0 Å². The van der Waals surface area contributed by atoms with Crippen LogP contribution in [-0.4, -0.2) is 29.8 Å². The summed E-state index contributed by atoms with van der Waals surface area (Å²) in [5, 5.41) is 0.831. The predicted molar refractivity (Wildman–Crippen MR) is 89.5 cm³/mol. The predicted octanol–water partition coefficient (Wildman–Crippen LogP) is 5.22. The number of hydrogen-bond donors (Lipinski definition) is 0. The van der Waals surface area contributed by atoms with Crippen molar-refractivity contribution in [3.05, 3.63) is 33.8 Å². The van der Waals surface area contributed by atoms with Crippen molar-refractivity contribution in [2.75, 3.05) is 13.1 Å². The average molecular weight is 328 g/mol. The molecule has 4 heteroatoms. The van der Waals surface area contributed by atoms with Gasteiger partial charge in [-0.1, -0.05) is 49.0 Å². The first-order chi connectivity index (χ1) is 10.1. The standard InChI is InChI=1S/C17H23Cl2NO/c1-2-6-13-7-3-4-11-20(13)12-10-16(21)14-8-5-9-15(18)17(14)19/h5,8-9,13H,2-4,6-7,10-12H2,1H3. The molecule has 1 aromatic carbocycles. The lowest BCUT2D eigenvalue weighted by Gasteiger charge is -2.35. The topological polar surface area (TPSA) is 20.3 Å². The fraction of sp³-hybridized carbons (Fsp3) is 0.588. The van der Waals surface area contributed by atoms with Crippen molar-refractivity contribution in [3.63, 3.8) is 0 Å². The number of rotatable bonds is 6. The molecule has 1 aliphatic rings. The van der Waals surface area contributed by atoms with E-state index in [1.54, 1.807) is 18.2 Å². The molecule has 1 atom stereocenters. The molecule has 0 bridgehead atoms. The van der Waals surface area contributed by atoms with E-state index in [0.717, 1.165) is 13.1 Å². The Morgan fingerprint density at radius 3 is 2.90 bits per heavy atom. The van der Waals surface area contributed by atoms with Crippen LogP contribution in [0.1, 0.15) is 55.8 Å². The normalized spacial score (nSPS) is 19.7. The number of carbonyl (C=O) groups is 1. The maximum atomic E-state index is 12.4. The Bertz CT molecular complexity index is 488. The summed E-state index contributed by atoms with van der Waals surface area (Å²) in [4.78, 5) is 14.8. The van der Waals surface area contributed by atoms with Crippen molar-refractivity contribution in [2.24, 2.45) is 0 Å². The molecule has 2 nitrogen and oxygen atoms in total. The number of Topliss-reactive ketones (excluding diaryl/α,β-unsaturated/α-hetero) is 1. The van der Waals surface area contributed by atoms with Gasteiger partial charge in [0.2, 0.25) is 0 Å². The van der Waals surface area contributed by atoms with Crippen LogP contribution in [0.25, 0.3) is 0 Å². The third kappa shape index (κ3) is 4.45. The molecule has 1 saturated heterocycles. The Hall–Kier alpha value is -0.570. The molecule has 0 amide bonds. The van der Waals surface area contributed by atoms with Crippen LogP contribution in [0, 0.1) is 0 Å². The number of halogens is 2. The minimum absolute atomic E-state index is 0.0864. The summed E-state index contributed by atoms with van der Waals surface area (Å²) < 4.78 is 0. The first-order valence-corrected chi connectivity index (χ1v) is 8.60. The van der Waals surface area contributed by atoms with E-state index in [9.17, 15) is 4.79 Å². The molecule has 1 aliphatic heterocycles. The minimum atomic E-state index is 0.0864. The van der Waals surface area contributed by atoms with Gasteiger partial charge in [0.25, 0.3) is 0 Å². The number of piperidine rings is 1. The van der Waals surface area contributed by atoms with E-state index in [1.807, 2.05) is 0 Å². The van der Waals surface area contributed by atoms with Crippen LogP contribution in [0.5, 0.6) is 0 Å². The van der Waals surface area contributed by atoms with Gasteiger partial charge in [-0.3, -0.25) is 9.69 Å². The molecule has 1 aromatic rings. The zero-order valence-corrected chi connectivity index (χ0v) is 14.1. The van der Waals surface area contributed by atoms with Gasteiger partial charge in [0.15, 0.2) is 5.78 Å². The van der Waals surface area contributed by atoms with Gasteiger partial charge in [-0.15, -0.1) is 0 Å². The summed E-state index contributed by atoms with van der Waals surface area (Å²) in [6.07, 6.45) is 6.77. The highest BCUT2D eigenvalue weighted by Crippen LogP contribution is 2.27. The fourth-order valence-corrected chi connectivity index (χ4v) is 3.52. The van der Waals surface area contributed by atoms with Crippen molar-refractivity contribution >= 4 is 29.0 Å². The van der Waals surface area contributed by atoms with Crippen LogP contribution < -0.4 is 0 Å². The molecular weight excluding hydrogens is 305 g/mol. The van der Waals surface area contributed by atoms with Crippen molar-refractivity contribution in [1.82, 2.24) is 4.90 Å². The van der Waals surface area contributed by atoms with Crippen LogP contribution in [0.2, 0.25) is 10.0 Å². The molecular formula is C17H23Cl2NO. The molecule has 0 aromatic heterocycles. The fourth-order valence-electron chi connectivity index (χ4n) is 3.11. The number of hydrogen-bond acceptors (Lipinski definition) is 2. The largest absolute Gasteiger partial charge is 0.300 e. The Morgan fingerprint density at radius 2 is 2.14 bits per heavy atom. The van der Waals surface area contributed by atoms with Gasteiger partial charge in [-0.05, 0) is 37.9 Å². The summed E-state index contributed by atoms with van der Waals surface area (Å²) in [7, 11) is 0. The summed E-state index contributed by atoms with van der Waals surface area (Å²) >= 11 is 12.1. The Balaban J connectivity index is 1.95. The first-order valence-electron chi connectivity index (χ1n) is 7.84. The van der Waals surface area contributed by atoms with Crippen LogP contribution in [0.15, 0.2) is 18.2 Å². The average Bonchev–Trinajstić information content (AvgIpc) is 2.49. The van der Waals surface area contributed by atoms with Crippen molar-refractivity contribution < 1.29 is 4.79 Å². The summed E-state index contributed by atoms with van der Waals surface area (Å²) in [5.41, 5.74) is 0.549. The van der Waals surface area contributed by atoms with Gasteiger partial charge in [0, 0.05) is 24.6 Å². The Kier molecular flexibility index (Phi) is 6.53. The van der Waals surface area contributed by atoms with Crippen LogP contribution in [0.4, 0.5) is 0 Å². The summed E-state index contributed by atoms with van der Waals surface area (Å²) in [5.74, 6) is 0.0864. The SMILES string of the molecule is CCCC1CCCCN1CCC(=O)c1cccc(Cl)c1Cl. The van der Waals surface area contributed by atoms with Crippen molar-refractivity contribution in [1.29, 1.82) is 0 Å². The number of carbonyl (C=O) groups excluding carboxylic acids is 1. The lowest BCUT2D eigenvalue weighted by Crippen LogP contribution is -2.40. The number of ketones is 1. The van der Waals surface area contributed by atoms with Gasteiger partial charge in [-0.25, -0.2) is 0 Å². The van der Waals surface area contributed by atoms with Crippen molar-refractivity contribution in [2.45, 2.75) is 51.5 Å². The van der Waals surface area contributed by atoms with E-state index in [1.165, 1.54) is 32.1 Å². The maximum absolute atomic E-state index is 12.4. The minimum Gasteiger partial charge on any atom is -0.300 e. The molecule has 116 valence electrons. The molecule has 0 saturated carbocycles. The monoisotopic (exact) mass is 327 g/mol. The smallest absolute Gasteiger partial charge is 0.165 e. The lowest BCUT2D eigenvalue weighted by atomic mass is 9.97. The van der Waals surface area contributed by atoms with E-state index in [0.29, 0.717) is 28.1 Å². The van der Waals surface area contributed by atoms with Crippen LogP contribution in [0.3, 0.4) is 0 Å². The molecule has 0 N–H and O–H groups in total. The Labute approximate surface area is 137 Å². The highest BCUT2D eigenvalue weighted by atomic mass is 35.5. The maximum Gasteiger partial charge on any atom is 0.165 e. The second-order valence-electron chi connectivity index (χ2n) is 5.75. The second-order valence-corrected chi connectivity index (χ2v) is 6.53. The second kappa shape index (κ2) is 8.17. The number of likely N-dealkylation sites (tertiary alicyclic amines) is 1. The van der Waals surface area contributed by atoms with E-state index in [-0.39, 0.29) is 5.78 Å². The molecule has 0 aliphatic carbocycles. The molecule has 1 unspecified atom stereocenters. The molecule has 1 fully saturated rings. The molecule has 0 radical (unpaired) electrons. The van der Waals surface area contributed by atoms with Crippen LogP contribution >= 0.6 is 23.2 Å². The quantitative estimate of drug-likeness (QED) is 0.667. The highest BCUT2D eigenvalue weighted by Gasteiger charge is 2.22. The van der Waals surface area contributed by atoms with Gasteiger partial charge < -0.3 is 0 Å². The highest BCUT2D eigenvalue weighted by molar-refractivity contribution is 6.43. The van der Waals surface area contributed by atoms with Gasteiger partial charge in [0.1, 0.15) is 0 Å². The summed E-state index contributed by atoms with van der Waals surface area (Å²) in [6.45, 7) is 4.16. The first kappa shape index (κ1) is 16.8. The van der Waals surface area contributed by atoms with Crippen LogP contribution in [-0.2, 0) is 0 Å². The number of nitrogens with zero attached hydrogens (tertiary/aromatic N) is 1. The third-order valence-electron chi connectivity index (χ3n) is 4.25. The zero-order chi connectivity index (χ0) is 15.2. The summed E-state index contributed by atoms with van der Waals surface area (Å²) in [6, 6.07) is 5.90. The van der Waals surface area contributed by atoms with Gasteiger partial charge in [-0.2, -0.15) is 0 Å². The molecule has 0 spiro atoms. The van der Waals surface area contributed by atoms with Gasteiger partial charge in [0.05, 0.1) is 10.0 Å². The Morgan fingerprint density at radius 1 is 1.33 bits per heavy atom. The lowest BCUT2D eigenvalue weighted by molar-refractivity contribution is 0.0919. The third-order valence-corrected chi connectivity index (χ3v) is 5.07. The van der Waals surface area contributed by atoms with E-state index in [2.05, 4.69) is 11.8 Å². The molecule has 2 rings (SSSR count). The number of benzene rings is 1. The van der Waals surface area contributed by atoms with E-state index >= 15 is 0 Å². The molecule has 1 heterocycles. The molecule has 21 heavy (non-hydrogen) atoms.